The maximum absolute atomic E-state index is 12.8. The highest BCUT2D eigenvalue weighted by atomic mass is 32.1. The van der Waals surface area contributed by atoms with E-state index in [2.05, 4.69) is 10.2 Å². The van der Waals surface area contributed by atoms with Gasteiger partial charge in [-0.15, -0.1) is 0 Å². The van der Waals surface area contributed by atoms with E-state index in [1.54, 1.807) is 4.57 Å². The van der Waals surface area contributed by atoms with Crippen molar-refractivity contribution in [2.75, 3.05) is 0 Å². The van der Waals surface area contributed by atoms with Gasteiger partial charge in [-0.25, -0.2) is 0 Å². The second-order valence-corrected chi connectivity index (χ2v) is 5.12. The average molecular weight is 279 g/mol. The highest BCUT2D eigenvalue weighted by Crippen LogP contribution is 2.43. The van der Waals surface area contributed by atoms with E-state index in [4.69, 9.17) is 12.2 Å². The van der Waals surface area contributed by atoms with Crippen molar-refractivity contribution >= 4 is 12.2 Å². The third kappa shape index (κ3) is 2.60. The number of hydrogen-bond donors (Lipinski definition) is 1. The van der Waals surface area contributed by atoms with Crippen LogP contribution in [0.25, 0.3) is 0 Å². The maximum atomic E-state index is 12.8. The summed E-state index contributed by atoms with van der Waals surface area (Å²) >= 11 is 5.07. The molecule has 102 valence electrons. The molecule has 18 heavy (non-hydrogen) atoms. The number of aromatic amines is 1. The fraction of sp³-hybridized carbons (Fsp3) is 0.818. The van der Waals surface area contributed by atoms with Crippen molar-refractivity contribution in [2.24, 2.45) is 5.92 Å². The Kier molecular flexibility index (Phi) is 3.79. The Balaban J connectivity index is 2.21. The lowest BCUT2D eigenvalue weighted by Crippen LogP contribution is -2.29. The van der Waals surface area contributed by atoms with Crippen LogP contribution in [0.1, 0.15) is 44.3 Å². The molecule has 0 aromatic carbocycles. The second kappa shape index (κ2) is 5.03. The van der Waals surface area contributed by atoms with Crippen LogP contribution in [-0.4, -0.2) is 20.9 Å². The summed E-state index contributed by atoms with van der Waals surface area (Å²) < 4.78 is 40.6. The lowest BCUT2D eigenvalue weighted by molar-refractivity contribution is -0.183. The quantitative estimate of drug-likeness (QED) is 0.835. The Morgan fingerprint density at radius 2 is 2.17 bits per heavy atom. The van der Waals surface area contributed by atoms with Crippen LogP contribution in [0, 0.1) is 10.7 Å². The van der Waals surface area contributed by atoms with Crippen molar-refractivity contribution in [3.8, 4) is 0 Å². The maximum Gasteiger partial charge on any atom is 0.391 e. The van der Waals surface area contributed by atoms with E-state index in [-0.39, 0.29) is 18.8 Å². The van der Waals surface area contributed by atoms with Gasteiger partial charge >= 0.3 is 6.18 Å². The van der Waals surface area contributed by atoms with Gasteiger partial charge in [0.05, 0.1) is 5.92 Å². The normalized spacial score (nSPS) is 25.3. The number of aromatic nitrogens is 3. The Bertz CT molecular complexity index is 463. The molecule has 0 bridgehead atoms. The topological polar surface area (TPSA) is 33.6 Å². The van der Waals surface area contributed by atoms with Crippen molar-refractivity contribution in [1.29, 1.82) is 0 Å². The second-order valence-electron chi connectivity index (χ2n) is 4.73. The number of nitrogens with one attached hydrogen (secondary N) is 1. The van der Waals surface area contributed by atoms with Crippen LogP contribution >= 0.6 is 12.2 Å². The van der Waals surface area contributed by atoms with E-state index in [0.717, 1.165) is 6.42 Å². The summed E-state index contributed by atoms with van der Waals surface area (Å²) in [5.41, 5.74) is 0. The van der Waals surface area contributed by atoms with Gasteiger partial charge in [-0.3, -0.25) is 5.10 Å². The smallest absolute Gasteiger partial charge is 0.304 e. The van der Waals surface area contributed by atoms with Gasteiger partial charge in [0.2, 0.25) is 0 Å². The van der Waals surface area contributed by atoms with E-state index in [1.807, 2.05) is 6.92 Å². The molecule has 1 aliphatic carbocycles. The standard InChI is InChI=1S/C11H16F3N3S/c1-2-17-9(15-16-10(17)18)7-4-3-5-8(6-7)11(12,13)14/h7-8H,2-6H2,1H3,(H,16,18). The molecule has 2 unspecified atom stereocenters. The van der Waals surface area contributed by atoms with Gasteiger partial charge in [-0.2, -0.15) is 18.3 Å². The molecule has 0 saturated heterocycles. The van der Waals surface area contributed by atoms with Crippen molar-refractivity contribution in [2.45, 2.75) is 51.2 Å². The number of nitrogens with zero attached hydrogens (tertiary/aromatic N) is 2. The minimum absolute atomic E-state index is 0.128. The van der Waals surface area contributed by atoms with Crippen molar-refractivity contribution in [3.05, 3.63) is 10.6 Å². The van der Waals surface area contributed by atoms with Gasteiger partial charge < -0.3 is 4.57 Å². The molecule has 2 rings (SSSR count). The SMILES string of the molecule is CCn1c(C2CCCC(C(F)(F)F)C2)n[nH]c1=S. The van der Waals surface area contributed by atoms with Gasteiger partial charge in [-0.05, 0) is 38.4 Å². The highest BCUT2D eigenvalue weighted by Gasteiger charge is 2.43. The minimum Gasteiger partial charge on any atom is -0.304 e. The van der Waals surface area contributed by atoms with Crippen LogP contribution in [0.15, 0.2) is 0 Å². The largest absolute Gasteiger partial charge is 0.391 e. The van der Waals surface area contributed by atoms with Crippen molar-refractivity contribution < 1.29 is 13.2 Å². The van der Waals surface area contributed by atoms with Crippen LogP contribution in [0.5, 0.6) is 0 Å². The van der Waals surface area contributed by atoms with Crippen LogP contribution < -0.4 is 0 Å². The first kappa shape index (κ1) is 13.6. The lowest BCUT2D eigenvalue weighted by Gasteiger charge is -2.30. The molecule has 0 aliphatic heterocycles. The predicted octanol–water partition coefficient (Wildman–Crippen LogP) is 3.80. The number of alkyl halides is 3. The molecule has 1 fully saturated rings. The van der Waals surface area contributed by atoms with E-state index in [0.29, 0.717) is 23.6 Å². The minimum atomic E-state index is -4.09. The predicted molar refractivity (Wildman–Crippen MR) is 63.8 cm³/mol. The van der Waals surface area contributed by atoms with E-state index >= 15 is 0 Å². The molecular weight excluding hydrogens is 263 g/mol. The Labute approximate surface area is 108 Å². The van der Waals surface area contributed by atoms with Crippen molar-refractivity contribution in [3.63, 3.8) is 0 Å². The molecule has 3 nitrogen and oxygen atoms in total. The molecule has 1 aromatic rings. The molecule has 1 heterocycles. The highest BCUT2D eigenvalue weighted by molar-refractivity contribution is 7.71. The first-order chi connectivity index (χ1) is 8.43. The molecule has 1 saturated carbocycles. The number of rotatable bonds is 2. The molecule has 0 spiro atoms. The van der Waals surface area contributed by atoms with E-state index in [1.165, 1.54) is 0 Å². The molecule has 1 aromatic heterocycles. The van der Waals surface area contributed by atoms with Crippen LogP contribution in [0.4, 0.5) is 13.2 Å². The summed E-state index contributed by atoms with van der Waals surface area (Å²) in [5.74, 6) is -0.665. The van der Waals surface area contributed by atoms with Crippen LogP contribution in [-0.2, 0) is 6.54 Å². The summed E-state index contributed by atoms with van der Waals surface area (Å²) in [6.45, 7) is 2.55. The Morgan fingerprint density at radius 3 is 2.78 bits per heavy atom. The Morgan fingerprint density at radius 1 is 1.44 bits per heavy atom. The first-order valence-corrected chi connectivity index (χ1v) is 6.56. The van der Waals surface area contributed by atoms with Crippen LogP contribution in [0.2, 0.25) is 0 Å². The third-order valence-electron chi connectivity index (χ3n) is 3.61. The van der Waals surface area contributed by atoms with Gasteiger partial charge in [0.1, 0.15) is 5.82 Å². The fourth-order valence-electron chi connectivity index (χ4n) is 2.67. The number of H-pyrrole nitrogens is 1. The van der Waals surface area contributed by atoms with Gasteiger partial charge in [0.15, 0.2) is 4.77 Å². The summed E-state index contributed by atoms with van der Waals surface area (Å²) in [6.07, 6.45) is -2.38. The van der Waals surface area contributed by atoms with Crippen LogP contribution in [0.3, 0.4) is 0 Å². The molecule has 0 radical (unpaired) electrons. The fourth-order valence-corrected chi connectivity index (χ4v) is 2.94. The molecule has 1 aliphatic rings. The zero-order chi connectivity index (χ0) is 13.3. The third-order valence-corrected chi connectivity index (χ3v) is 3.92. The summed E-state index contributed by atoms with van der Waals surface area (Å²) in [4.78, 5) is 0. The Hall–Kier alpha value is -0.850. The monoisotopic (exact) mass is 279 g/mol. The zero-order valence-electron chi connectivity index (χ0n) is 10.1. The number of halogens is 3. The summed E-state index contributed by atoms with van der Waals surface area (Å²) in [5, 5.41) is 6.78. The van der Waals surface area contributed by atoms with Gasteiger partial charge in [-0.1, -0.05) is 6.42 Å². The molecular formula is C11H16F3N3S. The average Bonchev–Trinajstić information content (AvgIpc) is 2.69. The summed E-state index contributed by atoms with van der Waals surface area (Å²) in [7, 11) is 0. The van der Waals surface area contributed by atoms with E-state index < -0.39 is 12.1 Å². The first-order valence-electron chi connectivity index (χ1n) is 6.15. The van der Waals surface area contributed by atoms with E-state index in [9.17, 15) is 13.2 Å². The molecule has 0 amide bonds. The molecule has 7 heteroatoms. The zero-order valence-corrected chi connectivity index (χ0v) is 10.9. The lowest BCUT2D eigenvalue weighted by atomic mass is 9.80. The van der Waals surface area contributed by atoms with Gasteiger partial charge in [0, 0.05) is 12.5 Å². The van der Waals surface area contributed by atoms with Gasteiger partial charge in [0.25, 0.3) is 0 Å². The molecule has 2 atom stereocenters. The number of hydrogen-bond acceptors (Lipinski definition) is 2. The summed E-state index contributed by atoms with van der Waals surface area (Å²) in [6, 6.07) is 0. The molecule has 1 N–H and O–H groups in total. The van der Waals surface area contributed by atoms with Crippen molar-refractivity contribution in [1.82, 2.24) is 14.8 Å².